The molecule has 0 bridgehead atoms. The van der Waals surface area contributed by atoms with Gasteiger partial charge in [0.05, 0.1) is 0 Å². The first-order valence-corrected chi connectivity index (χ1v) is 9.78. The molecule has 0 aromatic rings. The van der Waals surface area contributed by atoms with Crippen LogP contribution in [0.3, 0.4) is 0 Å². The number of ketones is 1. The van der Waals surface area contributed by atoms with E-state index in [-0.39, 0.29) is 5.41 Å². The average Bonchev–Trinajstić information content (AvgIpc) is 2.52. The van der Waals surface area contributed by atoms with Gasteiger partial charge in [-0.05, 0) is 62.7 Å². The molecule has 1 rings (SSSR count). The van der Waals surface area contributed by atoms with Gasteiger partial charge < -0.3 is 5.11 Å². The summed E-state index contributed by atoms with van der Waals surface area (Å²) in [6, 6.07) is 0. The van der Waals surface area contributed by atoms with Crippen LogP contribution in [0.1, 0.15) is 53.9 Å². The van der Waals surface area contributed by atoms with Crippen LogP contribution in [0.4, 0.5) is 0 Å². The van der Waals surface area contributed by atoms with Gasteiger partial charge in [-0.3, -0.25) is 9.59 Å². The molecule has 0 saturated heterocycles. The molecule has 0 spiro atoms. The predicted octanol–water partition coefficient (Wildman–Crippen LogP) is 5.94. The normalized spacial score (nSPS) is 20.1. The van der Waals surface area contributed by atoms with Gasteiger partial charge in [0.25, 0.3) is 0 Å². The fraction of sp³-hybridized carbons (Fsp3) is 0.455. The van der Waals surface area contributed by atoms with Gasteiger partial charge in [0.2, 0.25) is 0 Å². The van der Waals surface area contributed by atoms with E-state index < -0.39 is 16.6 Å². The van der Waals surface area contributed by atoms with Crippen molar-refractivity contribution in [3.8, 4) is 0 Å². The van der Waals surface area contributed by atoms with Gasteiger partial charge in [-0.15, -0.1) is 0 Å². The molecule has 0 aromatic heterocycles. The Bertz CT molecular complexity index is 703. The fourth-order valence-corrected chi connectivity index (χ4v) is 3.23. The second-order valence-corrected chi connectivity index (χ2v) is 8.44. The number of aliphatic carboxylic acids is 1. The highest BCUT2D eigenvalue weighted by Gasteiger charge is 2.26. The van der Waals surface area contributed by atoms with Crippen molar-refractivity contribution in [1.29, 1.82) is 0 Å². The number of alkyl halides is 1. The monoisotopic (exact) mass is 420 g/mol. The van der Waals surface area contributed by atoms with Crippen LogP contribution in [0.25, 0.3) is 0 Å². The maximum Gasteiger partial charge on any atom is 0.325 e. The quantitative estimate of drug-likeness (QED) is 0.240. The molecule has 0 aromatic carbocycles. The minimum Gasteiger partial charge on any atom is -0.480 e. The molecule has 1 aliphatic rings. The van der Waals surface area contributed by atoms with Crippen LogP contribution in [-0.4, -0.2) is 21.7 Å². The van der Waals surface area contributed by atoms with Crippen molar-refractivity contribution < 1.29 is 14.7 Å². The van der Waals surface area contributed by atoms with Gasteiger partial charge in [-0.2, -0.15) is 0 Å². The molecule has 0 amide bonds. The molecule has 3 nitrogen and oxygen atoms in total. The van der Waals surface area contributed by atoms with Crippen molar-refractivity contribution in [2.24, 2.45) is 5.41 Å². The highest BCUT2D eigenvalue weighted by Crippen LogP contribution is 2.40. The van der Waals surface area contributed by atoms with Crippen LogP contribution >= 0.6 is 15.9 Å². The first-order chi connectivity index (χ1) is 12.0. The Morgan fingerprint density at radius 2 is 1.85 bits per heavy atom. The van der Waals surface area contributed by atoms with Gasteiger partial charge in [-0.25, -0.2) is 0 Å². The summed E-state index contributed by atoms with van der Waals surface area (Å²) in [5.74, 6) is -1.65. The van der Waals surface area contributed by atoms with E-state index in [1.807, 2.05) is 19.1 Å². The molecular weight excluding hydrogens is 392 g/mol. The van der Waals surface area contributed by atoms with Crippen LogP contribution in [0.2, 0.25) is 0 Å². The lowest BCUT2D eigenvalue weighted by molar-refractivity contribution is -0.138. The van der Waals surface area contributed by atoms with Crippen molar-refractivity contribution in [3.63, 3.8) is 0 Å². The van der Waals surface area contributed by atoms with Gasteiger partial charge in [-0.1, -0.05) is 71.3 Å². The Hall–Kier alpha value is -1.68. The third-order valence-electron chi connectivity index (χ3n) is 4.61. The SMILES string of the molecule is CC1=C(/C=C/C(C)=C/C=C/C(C)=C/C(=O)C(Br)C(=O)O)C(C)(C)CCC1. The van der Waals surface area contributed by atoms with Gasteiger partial charge in [0.1, 0.15) is 0 Å². The maximum absolute atomic E-state index is 11.7. The standard InChI is InChI=1S/C22H29BrO3/c1-15(11-12-18-17(3)10-7-13-22(18,4)5)8-6-9-16(2)14-19(24)20(23)21(25)26/h6,8-9,11-12,14,20H,7,10,13H2,1-5H3,(H,25,26)/b9-6+,12-11+,15-8+,16-14+. The van der Waals surface area contributed by atoms with Crippen molar-refractivity contribution in [3.05, 3.63) is 58.7 Å². The number of carbonyl (C=O) groups excluding carboxylic acids is 1. The molecule has 0 saturated carbocycles. The van der Waals surface area contributed by atoms with Crippen molar-refractivity contribution in [2.45, 2.75) is 58.7 Å². The van der Waals surface area contributed by atoms with Crippen LogP contribution < -0.4 is 0 Å². The highest BCUT2D eigenvalue weighted by atomic mass is 79.9. The van der Waals surface area contributed by atoms with Crippen LogP contribution in [-0.2, 0) is 9.59 Å². The Morgan fingerprint density at radius 1 is 1.19 bits per heavy atom. The second-order valence-electron chi connectivity index (χ2n) is 7.53. The number of carboxylic acid groups (broad SMARTS) is 1. The highest BCUT2D eigenvalue weighted by molar-refractivity contribution is 9.10. The summed E-state index contributed by atoms with van der Waals surface area (Å²) in [5, 5.41) is 8.80. The van der Waals surface area contributed by atoms with E-state index in [1.54, 1.807) is 13.0 Å². The van der Waals surface area contributed by atoms with Crippen molar-refractivity contribution in [2.75, 3.05) is 0 Å². The van der Waals surface area contributed by atoms with E-state index in [4.69, 9.17) is 5.11 Å². The lowest BCUT2D eigenvalue weighted by Gasteiger charge is -2.32. The van der Waals surface area contributed by atoms with Crippen molar-refractivity contribution >= 4 is 27.7 Å². The molecule has 4 heteroatoms. The Balaban J connectivity index is 2.78. The molecule has 1 aliphatic carbocycles. The number of rotatable bonds is 7. The Labute approximate surface area is 165 Å². The van der Waals surface area contributed by atoms with Crippen LogP contribution in [0, 0.1) is 5.41 Å². The molecule has 142 valence electrons. The number of halogens is 1. The predicted molar refractivity (Wildman–Crippen MR) is 111 cm³/mol. The number of carboxylic acids is 1. The second kappa shape index (κ2) is 9.86. The lowest BCUT2D eigenvalue weighted by Crippen LogP contribution is -2.21. The third kappa shape index (κ3) is 6.91. The van der Waals surface area contributed by atoms with Gasteiger partial charge >= 0.3 is 5.97 Å². The zero-order chi connectivity index (χ0) is 19.9. The largest absolute Gasteiger partial charge is 0.480 e. The van der Waals surface area contributed by atoms with E-state index >= 15 is 0 Å². The molecule has 1 N–H and O–H groups in total. The summed E-state index contributed by atoms with van der Waals surface area (Å²) >= 11 is 2.86. The summed E-state index contributed by atoms with van der Waals surface area (Å²) in [7, 11) is 0. The van der Waals surface area contributed by atoms with E-state index in [9.17, 15) is 9.59 Å². The number of allylic oxidation sites excluding steroid dienone is 10. The first-order valence-electron chi connectivity index (χ1n) is 8.87. The lowest BCUT2D eigenvalue weighted by atomic mass is 9.72. The minimum atomic E-state index is -1.19. The number of hydrogen-bond donors (Lipinski definition) is 1. The molecule has 0 aliphatic heterocycles. The molecular formula is C22H29BrO3. The molecule has 1 atom stereocenters. The van der Waals surface area contributed by atoms with Crippen molar-refractivity contribution in [1.82, 2.24) is 0 Å². The van der Waals surface area contributed by atoms with E-state index in [0.29, 0.717) is 5.57 Å². The fourth-order valence-electron chi connectivity index (χ4n) is 3.10. The third-order valence-corrected chi connectivity index (χ3v) is 5.45. The molecule has 1 unspecified atom stereocenters. The van der Waals surface area contributed by atoms with Gasteiger partial charge in [0, 0.05) is 0 Å². The first kappa shape index (κ1) is 22.4. The summed E-state index contributed by atoms with van der Waals surface area (Å²) in [5.41, 5.74) is 4.96. The maximum atomic E-state index is 11.7. The number of hydrogen-bond acceptors (Lipinski definition) is 2. The topological polar surface area (TPSA) is 54.4 Å². The van der Waals surface area contributed by atoms with Crippen LogP contribution in [0.5, 0.6) is 0 Å². The average molecular weight is 421 g/mol. The van der Waals surface area contributed by atoms with E-state index in [1.165, 1.54) is 36.5 Å². The minimum absolute atomic E-state index is 0.227. The molecule has 0 fully saturated rings. The van der Waals surface area contributed by atoms with E-state index in [2.05, 4.69) is 48.9 Å². The summed E-state index contributed by atoms with van der Waals surface area (Å²) < 4.78 is 0. The van der Waals surface area contributed by atoms with E-state index in [0.717, 1.165) is 5.57 Å². The Kier molecular flexibility index (Phi) is 8.48. The summed E-state index contributed by atoms with van der Waals surface area (Å²) in [4.78, 5) is 21.3. The zero-order valence-corrected chi connectivity index (χ0v) is 17.9. The molecule has 26 heavy (non-hydrogen) atoms. The van der Waals surface area contributed by atoms with Crippen LogP contribution in [0.15, 0.2) is 58.7 Å². The smallest absolute Gasteiger partial charge is 0.325 e. The Morgan fingerprint density at radius 3 is 2.42 bits per heavy atom. The summed E-state index contributed by atoms with van der Waals surface area (Å²) in [6.45, 7) is 10.6. The molecule has 0 heterocycles. The number of carbonyl (C=O) groups is 2. The summed E-state index contributed by atoms with van der Waals surface area (Å²) in [6.07, 6.45) is 15.0. The van der Waals surface area contributed by atoms with Gasteiger partial charge in [0.15, 0.2) is 10.6 Å². The molecule has 0 radical (unpaired) electrons. The zero-order valence-electron chi connectivity index (χ0n) is 16.3.